The van der Waals surface area contributed by atoms with Crippen LogP contribution in [0.3, 0.4) is 0 Å². The van der Waals surface area contributed by atoms with Crippen LogP contribution in [0.5, 0.6) is 0 Å². The van der Waals surface area contributed by atoms with E-state index in [2.05, 4.69) is 5.10 Å². The summed E-state index contributed by atoms with van der Waals surface area (Å²) in [6, 6.07) is 3.82. The number of nitrogens with zero attached hydrogens (tertiary/aromatic N) is 3. The number of aromatic nitrogens is 2. The van der Waals surface area contributed by atoms with Gasteiger partial charge in [-0.1, -0.05) is 12.1 Å². The summed E-state index contributed by atoms with van der Waals surface area (Å²) in [5.41, 5.74) is 3.97. The van der Waals surface area contributed by atoms with Crippen molar-refractivity contribution in [3.8, 4) is 0 Å². The Labute approximate surface area is 116 Å². The average molecular weight is 269 g/mol. The summed E-state index contributed by atoms with van der Waals surface area (Å²) >= 11 is 0. The molecule has 3 rings (SSSR count). The molecule has 2 heterocycles. The number of carbonyl (C=O) groups is 2. The predicted octanol–water partition coefficient (Wildman–Crippen LogP) is 1.77. The van der Waals surface area contributed by atoms with Gasteiger partial charge < -0.3 is 0 Å². The molecule has 0 radical (unpaired) electrons. The fourth-order valence-corrected chi connectivity index (χ4v) is 2.65. The smallest absolute Gasteiger partial charge is 0.299 e. The largest absolute Gasteiger partial charge is 0.300 e. The summed E-state index contributed by atoms with van der Waals surface area (Å²) in [5.74, 6) is -0.869. The van der Waals surface area contributed by atoms with Gasteiger partial charge in [0.05, 0.1) is 24.0 Å². The highest BCUT2D eigenvalue weighted by molar-refractivity contribution is 6.52. The first kappa shape index (κ1) is 12.6. The first-order valence-corrected chi connectivity index (χ1v) is 6.43. The Morgan fingerprint density at radius 1 is 1.15 bits per heavy atom. The van der Waals surface area contributed by atoms with Crippen LogP contribution in [0, 0.1) is 13.8 Å². The van der Waals surface area contributed by atoms with Gasteiger partial charge in [-0.2, -0.15) is 5.10 Å². The second-order valence-corrected chi connectivity index (χ2v) is 5.17. The summed E-state index contributed by atoms with van der Waals surface area (Å²) in [6.07, 6.45) is 3.56. The van der Waals surface area contributed by atoms with Gasteiger partial charge in [0.15, 0.2) is 0 Å². The van der Waals surface area contributed by atoms with E-state index in [0.29, 0.717) is 12.1 Å². The van der Waals surface area contributed by atoms with Crippen LogP contribution < -0.4 is 4.90 Å². The average Bonchev–Trinajstić information content (AvgIpc) is 2.92. The lowest BCUT2D eigenvalue weighted by Crippen LogP contribution is -2.29. The van der Waals surface area contributed by atoms with Crippen molar-refractivity contribution >= 4 is 17.4 Å². The number of carbonyl (C=O) groups excluding carboxylic acids is 2. The first-order valence-electron chi connectivity index (χ1n) is 6.43. The monoisotopic (exact) mass is 269 g/mol. The highest BCUT2D eigenvalue weighted by Gasteiger charge is 2.38. The van der Waals surface area contributed by atoms with E-state index in [-0.39, 0.29) is 0 Å². The lowest BCUT2D eigenvalue weighted by atomic mass is 10.0. The van der Waals surface area contributed by atoms with E-state index in [9.17, 15) is 9.59 Å². The SMILES string of the molecule is Cc1ccc(C)c2c1C(=O)C(=O)N2Cc1cnn(C)c1. The van der Waals surface area contributed by atoms with E-state index < -0.39 is 11.7 Å². The quantitative estimate of drug-likeness (QED) is 0.781. The number of amides is 1. The summed E-state index contributed by atoms with van der Waals surface area (Å²) < 4.78 is 1.68. The Kier molecular flexibility index (Phi) is 2.71. The number of fused-ring (bicyclic) bond motifs is 1. The number of hydrogen-bond acceptors (Lipinski definition) is 3. The van der Waals surface area contributed by atoms with Gasteiger partial charge in [-0.25, -0.2) is 0 Å². The molecule has 1 aliphatic heterocycles. The van der Waals surface area contributed by atoms with Crippen LogP contribution in [-0.2, 0) is 18.4 Å². The maximum absolute atomic E-state index is 12.2. The summed E-state index contributed by atoms with van der Waals surface area (Å²) in [4.78, 5) is 25.9. The second kappa shape index (κ2) is 4.30. The normalized spacial score (nSPS) is 14.1. The van der Waals surface area contributed by atoms with Crippen molar-refractivity contribution in [2.24, 2.45) is 7.05 Å². The van der Waals surface area contributed by atoms with Gasteiger partial charge in [0, 0.05) is 18.8 Å². The number of benzene rings is 1. The third-order valence-corrected chi connectivity index (χ3v) is 3.62. The molecule has 102 valence electrons. The zero-order chi connectivity index (χ0) is 14.4. The third kappa shape index (κ3) is 1.74. The molecule has 0 saturated heterocycles. The van der Waals surface area contributed by atoms with Crippen LogP contribution in [0.1, 0.15) is 27.0 Å². The lowest BCUT2D eigenvalue weighted by Gasteiger charge is -2.18. The number of Topliss-reactive ketones (excluding diaryl/α,β-unsaturated/α-hetero) is 1. The minimum Gasteiger partial charge on any atom is -0.300 e. The van der Waals surface area contributed by atoms with Crippen LogP contribution >= 0.6 is 0 Å². The second-order valence-electron chi connectivity index (χ2n) is 5.17. The van der Waals surface area contributed by atoms with Crippen molar-refractivity contribution in [1.82, 2.24) is 9.78 Å². The maximum Gasteiger partial charge on any atom is 0.299 e. The third-order valence-electron chi connectivity index (χ3n) is 3.62. The zero-order valence-corrected chi connectivity index (χ0v) is 11.7. The van der Waals surface area contributed by atoms with Gasteiger partial charge in [0.1, 0.15) is 0 Å². The van der Waals surface area contributed by atoms with Gasteiger partial charge in [-0.3, -0.25) is 19.2 Å². The fourth-order valence-electron chi connectivity index (χ4n) is 2.65. The highest BCUT2D eigenvalue weighted by atomic mass is 16.2. The molecule has 0 atom stereocenters. The zero-order valence-electron chi connectivity index (χ0n) is 11.7. The molecule has 5 nitrogen and oxygen atoms in total. The Bertz CT molecular complexity index is 731. The van der Waals surface area contributed by atoms with Crippen molar-refractivity contribution in [2.45, 2.75) is 20.4 Å². The summed E-state index contributed by atoms with van der Waals surface area (Å²) in [5, 5.41) is 4.09. The molecular weight excluding hydrogens is 254 g/mol. The molecular formula is C15H15N3O2. The molecule has 0 N–H and O–H groups in total. The molecule has 20 heavy (non-hydrogen) atoms. The van der Waals surface area contributed by atoms with Crippen molar-refractivity contribution in [1.29, 1.82) is 0 Å². The number of aryl methyl sites for hydroxylation is 3. The molecule has 0 spiro atoms. The molecule has 0 unspecified atom stereocenters. The van der Waals surface area contributed by atoms with Gasteiger partial charge in [-0.05, 0) is 25.0 Å². The minimum absolute atomic E-state index is 0.371. The van der Waals surface area contributed by atoms with E-state index in [1.807, 2.05) is 39.2 Å². The molecule has 1 aromatic heterocycles. The molecule has 0 bridgehead atoms. The molecule has 0 saturated carbocycles. The van der Waals surface area contributed by atoms with E-state index in [0.717, 1.165) is 22.4 Å². The van der Waals surface area contributed by atoms with E-state index in [1.54, 1.807) is 15.8 Å². The topological polar surface area (TPSA) is 55.2 Å². The van der Waals surface area contributed by atoms with E-state index in [4.69, 9.17) is 0 Å². The van der Waals surface area contributed by atoms with Crippen LogP contribution in [0.25, 0.3) is 0 Å². The van der Waals surface area contributed by atoms with Gasteiger partial charge in [0.25, 0.3) is 11.7 Å². The maximum atomic E-state index is 12.2. The molecule has 1 aliphatic rings. The lowest BCUT2D eigenvalue weighted by molar-refractivity contribution is -0.114. The van der Waals surface area contributed by atoms with Gasteiger partial charge in [-0.15, -0.1) is 0 Å². The number of anilines is 1. The molecule has 1 amide bonds. The first-order chi connectivity index (χ1) is 9.49. The Morgan fingerprint density at radius 2 is 1.85 bits per heavy atom. The number of ketones is 1. The van der Waals surface area contributed by atoms with Crippen LogP contribution in [0.15, 0.2) is 24.5 Å². The number of hydrogen-bond donors (Lipinski definition) is 0. The van der Waals surface area contributed by atoms with Gasteiger partial charge in [0.2, 0.25) is 0 Å². The minimum atomic E-state index is -0.457. The predicted molar refractivity (Wildman–Crippen MR) is 74.6 cm³/mol. The van der Waals surface area contributed by atoms with Crippen molar-refractivity contribution in [3.63, 3.8) is 0 Å². The number of rotatable bonds is 2. The van der Waals surface area contributed by atoms with Crippen LogP contribution in [0.2, 0.25) is 0 Å². The fraction of sp³-hybridized carbons (Fsp3) is 0.267. The molecule has 5 heteroatoms. The molecule has 0 aliphatic carbocycles. The summed E-state index contributed by atoms with van der Waals surface area (Å²) in [6.45, 7) is 4.15. The Balaban J connectivity index is 2.08. The Hall–Kier alpha value is -2.43. The van der Waals surface area contributed by atoms with Crippen molar-refractivity contribution < 1.29 is 9.59 Å². The van der Waals surface area contributed by atoms with Gasteiger partial charge >= 0.3 is 0 Å². The highest BCUT2D eigenvalue weighted by Crippen LogP contribution is 2.35. The van der Waals surface area contributed by atoms with Crippen molar-refractivity contribution in [3.05, 3.63) is 46.8 Å². The molecule has 0 fully saturated rings. The van der Waals surface area contributed by atoms with E-state index >= 15 is 0 Å². The molecule has 1 aromatic carbocycles. The van der Waals surface area contributed by atoms with Crippen LogP contribution in [-0.4, -0.2) is 21.5 Å². The standard InChI is InChI=1S/C15H15N3O2/c1-9-4-5-10(2)13-12(9)14(19)15(20)18(13)8-11-6-16-17(3)7-11/h4-7H,8H2,1-3H3. The van der Waals surface area contributed by atoms with E-state index in [1.165, 1.54) is 0 Å². The van der Waals surface area contributed by atoms with Crippen molar-refractivity contribution in [2.75, 3.05) is 4.90 Å². The van der Waals surface area contributed by atoms with Crippen LogP contribution in [0.4, 0.5) is 5.69 Å². The summed E-state index contributed by atoms with van der Waals surface area (Å²) in [7, 11) is 1.82. The Morgan fingerprint density at radius 3 is 2.50 bits per heavy atom. The molecule has 2 aromatic rings.